The van der Waals surface area contributed by atoms with Gasteiger partial charge in [-0.05, 0) is 31.2 Å². The van der Waals surface area contributed by atoms with Crippen molar-refractivity contribution in [2.24, 2.45) is 0 Å². The minimum atomic E-state index is -4.46. The third kappa shape index (κ3) is 2.85. The molecule has 2 aromatic carbocycles. The summed E-state index contributed by atoms with van der Waals surface area (Å²) in [7, 11) is -8.92. The SMILES string of the molecule is Cc1ccc(S(=O)(=O)C(=[N+]=[N-])S(=O)(=O)c2ccccc2)cc1. The van der Waals surface area contributed by atoms with Crippen LogP contribution >= 0.6 is 0 Å². The molecule has 0 spiro atoms. The van der Waals surface area contributed by atoms with Gasteiger partial charge in [0, 0.05) is 0 Å². The van der Waals surface area contributed by atoms with Gasteiger partial charge in [0.1, 0.15) is 0 Å². The van der Waals surface area contributed by atoms with E-state index in [1.54, 1.807) is 13.0 Å². The van der Waals surface area contributed by atoms with Crippen LogP contribution in [0.3, 0.4) is 0 Å². The van der Waals surface area contributed by atoms with Gasteiger partial charge in [-0.2, -0.15) is 0 Å². The second-order valence-electron chi connectivity index (χ2n) is 4.50. The number of hydrogen-bond donors (Lipinski definition) is 0. The molecule has 0 amide bonds. The second-order valence-corrected chi connectivity index (χ2v) is 8.49. The van der Waals surface area contributed by atoms with Crippen LogP contribution in [0.4, 0.5) is 0 Å². The standard InChI is InChI=1S/C14H12N2O4S2/c1-11-7-9-13(10-8-11)22(19,20)14(16-15)21(17,18)12-5-3-2-4-6-12/h2-10H,1H3. The predicted octanol–water partition coefficient (Wildman–Crippen LogP) is 1.83. The number of nitrogens with zero attached hydrogens (tertiary/aromatic N) is 2. The van der Waals surface area contributed by atoms with Crippen molar-refractivity contribution in [3.8, 4) is 0 Å². The fraction of sp³-hybridized carbons (Fsp3) is 0.0714. The molecule has 114 valence electrons. The average molecular weight is 336 g/mol. The van der Waals surface area contributed by atoms with Crippen LogP contribution in [0.15, 0.2) is 64.4 Å². The summed E-state index contributed by atoms with van der Waals surface area (Å²) in [5.41, 5.74) is 9.82. The van der Waals surface area contributed by atoms with Crippen LogP contribution in [0, 0.1) is 6.92 Å². The molecule has 6 nitrogen and oxygen atoms in total. The molecule has 0 aliphatic carbocycles. The minimum absolute atomic E-state index is 0.259. The van der Waals surface area contributed by atoms with Crippen LogP contribution in [0.5, 0.6) is 0 Å². The van der Waals surface area contributed by atoms with Crippen molar-refractivity contribution in [1.29, 1.82) is 0 Å². The number of rotatable bonds is 2. The summed E-state index contributed by atoms with van der Waals surface area (Å²) in [4.78, 5) is 2.02. The number of benzene rings is 2. The third-order valence-electron chi connectivity index (χ3n) is 2.93. The Morgan fingerprint density at radius 2 is 1.27 bits per heavy atom. The molecule has 0 atom stereocenters. The van der Waals surface area contributed by atoms with Crippen LogP contribution in [-0.2, 0) is 19.7 Å². The highest BCUT2D eigenvalue weighted by Crippen LogP contribution is 2.20. The lowest BCUT2D eigenvalue weighted by Crippen LogP contribution is -2.26. The van der Waals surface area contributed by atoms with Crippen molar-refractivity contribution in [3.05, 3.63) is 65.7 Å². The molecule has 0 aromatic heterocycles. The zero-order valence-electron chi connectivity index (χ0n) is 11.5. The molecule has 0 bridgehead atoms. The Bertz CT molecular complexity index is 942. The quantitative estimate of drug-likeness (QED) is 0.361. The Morgan fingerprint density at radius 1 is 0.818 bits per heavy atom. The first-order chi connectivity index (χ1) is 10.3. The van der Waals surface area contributed by atoms with E-state index in [1.807, 2.05) is 0 Å². The largest absolute Gasteiger partial charge is 0.504 e. The molecule has 0 N–H and O–H groups in total. The molecule has 0 radical (unpaired) electrons. The lowest BCUT2D eigenvalue weighted by Gasteiger charge is -2.02. The summed E-state index contributed by atoms with van der Waals surface area (Å²) < 4.78 is 48.3. The molecule has 0 aliphatic heterocycles. The monoisotopic (exact) mass is 336 g/mol. The van der Waals surface area contributed by atoms with E-state index < -0.39 is 24.1 Å². The van der Waals surface area contributed by atoms with Gasteiger partial charge in [-0.25, -0.2) is 16.8 Å². The molecule has 0 saturated carbocycles. The van der Waals surface area contributed by atoms with Gasteiger partial charge in [0.05, 0.1) is 9.79 Å². The van der Waals surface area contributed by atoms with Crippen molar-refractivity contribution >= 4 is 24.1 Å². The van der Waals surface area contributed by atoms with Gasteiger partial charge in [-0.15, -0.1) is 4.79 Å². The Labute approximate surface area is 128 Å². The molecule has 0 unspecified atom stereocenters. The molecular formula is C14H12N2O4S2. The van der Waals surface area contributed by atoms with Crippen molar-refractivity contribution < 1.29 is 21.6 Å². The highest BCUT2D eigenvalue weighted by molar-refractivity contribution is 8.31. The topological polar surface area (TPSA) is 105 Å². The first kappa shape index (κ1) is 16.1. The molecule has 8 heteroatoms. The zero-order chi connectivity index (χ0) is 16.4. The van der Waals surface area contributed by atoms with Gasteiger partial charge < -0.3 is 5.53 Å². The summed E-state index contributed by atoms with van der Waals surface area (Å²) in [5.74, 6) is 0. The highest BCUT2D eigenvalue weighted by Gasteiger charge is 2.43. The zero-order valence-corrected chi connectivity index (χ0v) is 13.2. The molecule has 0 saturated heterocycles. The lowest BCUT2D eigenvalue weighted by molar-refractivity contribution is 0.00380. The van der Waals surface area contributed by atoms with Gasteiger partial charge >= 0.3 is 4.38 Å². The summed E-state index contributed by atoms with van der Waals surface area (Å²) in [5, 5.41) is 0. The highest BCUT2D eigenvalue weighted by atomic mass is 32.3. The molecule has 0 fully saturated rings. The van der Waals surface area contributed by atoms with Crippen LogP contribution in [0.25, 0.3) is 5.53 Å². The fourth-order valence-corrected chi connectivity index (χ4v) is 5.13. The Morgan fingerprint density at radius 3 is 1.73 bits per heavy atom. The smallest absolute Gasteiger partial charge is 0.359 e. The van der Waals surface area contributed by atoms with E-state index in [9.17, 15) is 16.8 Å². The maximum absolute atomic E-state index is 12.4. The Hall–Kier alpha value is -2.28. The van der Waals surface area contributed by atoms with Gasteiger partial charge in [-0.1, -0.05) is 35.9 Å². The van der Waals surface area contributed by atoms with Crippen LogP contribution in [0.1, 0.15) is 5.56 Å². The maximum atomic E-state index is 12.4. The fourth-order valence-electron chi connectivity index (χ4n) is 1.77. The number of hydrogen-bond acceptors (Lipinski definition) is 4. The van der Waals surface area contributed by atoms with E-state index in [0.29, 0.717) is 0 Å². The molecule has 2 aromatic rings. The third-order valence-corrected chi connectivity index (χ3v) is 7.11. The lowest BCUT2D eigenvalue weighted by atomic mass is 10.2. The molecule has 0 heterocycles. The average Bonchev–Trinajstić information content (AvgIpc) is 2.48. The van der Waals surface area contributed by atoms with Gasteiger partial charge in [0.2, 0.25) is 0 Å². The predicted molar refractivity (Wildman–Crippen MR) is 80.6 cm³/mol. The minimum Gasteiger partial charge on any atom is -0.359 e. The summed E-state index contributed by atoms with van der Waals surface area (Å²) in [6.45, 7) is 1.76. The molecule has 22 heavy (non-hydrogen) atoms. The van der Waals surface area contributed by atoms with Gasteiger partial charge in [0.25, 0.3) is 19.7 Å². The van der Waals surface area contributed by atoms with Crippen LogP contribution in [0.2, 0.25) is 0 Å². The van der Waals surface area contributed by atoms with Crippen LogP contribution < -0.4 is 0 Å². The summed E-state index contributed by atoms with van der Waals surface area (Å²) in [6, 6.07) is 12.5. The van der Waals surface area contributed by atoms with Crippen molar-refractivity contribution in [2.75, 3.05) is 0 Å². The van der Waals surface area contributed by atoms with Crippen molar-refractivity contribution in [3.63, 3.8) is 0 Å². The van der Waals surface area contributed by atoms with Crippen LogP contribution in [-0.4, -0.2) is 26.0 Å². The van der Waals surface area contributed by atoms with E-state index in [0.717, 1.165) is 5.56 Å². The molecule has 0 aliphatic rings. The second kappa shape index (κ2) is 5.84. The normalized spacial score (nSPS) is 11.7. The van der Waals surface area contributed by atoms with E-state index in [4.69, 9.17) is 5.53 Å². The van der Waals surface area contributed by atoms with Crippen molar-refractivity contribution in [2.45, 2.75) is 16.7 Å². The number of aryl methyl sites for hydroxylation is 1. The van der Waals surface area contributed by atoms with E-state index >= 15 is 0 Å². The molecular weight excluding hydrogens is 324 g/mol. The Balaban J connectivity index is 2.63. The maximum Gasteiger partial charge on any atom is 0.504 e. The van der Waals surface area contributed by atoms with E-state index in [2.05, 4.69) is 4.79 Å². The Kier molecular flexibility index (Phi) is 4.27. The number of sulfone groups is 2. The van der Waals surface area contributed by atoms with E-state index in [1.165, 1.54) is 48.5 Å². The first-order valence-corrected chi connectivity index (χ1v) is 9.11. The van der Waals surface area contributed by atoms with Crippen molar-refractivity contribution in [1.82, 2.24) is 0 Å². The summed E-state index contributed by atoms with van der Waals surface area (Å²) >= 11 is 0. The van der Waals surface area contributed by atoms with E-state index in [-0.39, 0.29) is 9.79 Å². The van der Waals surface area contributed by atoms with Gasteiger partial charge in [-0.3, -0.25) is 0 Å². The first-order valence-electron chi connectivity index (χ1n) is 6.14. The summed E-state index contributed by atoms with van der Waals surface area (Å²) in [6.07, 6.45) is 0. The molecule has 2 rings (SSSR count). The van der Waals surface area contributed by atoms with Gasteiger partial charge in [0.15, 0.2) is 0 Å².